The molecule has 1 amide bonds. The van der Waals surface area contributed by atoms with E-state index in [2.05, 4.69) is 21.2 Å². The van der Waals surface area contributed by atoms with E-state index in [1.165, 1.54) is 12.1 Å². The average Bonchev–Trinajstić information content (AvgIpc) is 2.28. The van der Waals surface area contributed by atoms with Gasteiger partial charge in [0.1, 0.15) is 5.82 Å². The van der Waals surface area contributed by atoms with Crippen molar-refractivity contribution in [1.82, 2.24) is 5.32 Å². The highest BCUT2D eigenvalue weighted by Gasteiger charge is 2.15. The van der Waals surface area contributed by atoms with Crippen LogP contribution in [0, 0.1) is 17.1 Å². The Morgan fingerprint density at radius 2 is 2.35 bits per heavy atom. The summed E-state index contributed by atoms with van der Waals surface area (Å²) in [5, 5.41) is 11.2. The van der Waals surface area contributed by atoms with E-state index in [1.54, 1.807) is 6.07 Å². The van der Waals surface area contributed by atoms with E-state index in [9.17, 15) is 9.18 Å². The van der Waals surface area contributed by atoms with E-state index in [4.69, 9.17) is 5.26 Å². The largest absolute Gasteiger partial charge is 0.348 e. The van der Waals surface area contributed by atoms with Crippen LogP contribution < -0.4 is 5.32 Å². The van der Waals surface area contributed by atoms with E-state index >= 15 is 0 Å². The second kappa shape index (κ2) is 6.36. The standard InChI is InChI=1S/C12H12BrFN2O/c1-2-9(5-6-15)16-12(17)10-4-3-8(13)7-11(10)14/h3-4,7,9H,2,5H2,1H3,(H,16,17). The van der Waals surface area contributed by atoms with E-state index in [0.29, 0.717) is 10.9 Å². The first-order chi connectivity index (χ1) is 8.08. The monoisotopic (exact) mass is 298 g/mol. The van der Waals surface area contributed by atoms with Crippen molar-refractivity contribution in [3.8, 4) is 6.07 Å². The van der Waals surface area contributed by atoms with Crippen LogP contribution in [0.2, 0.25) is 0 Å². The topological polar surface area (TPSA) is 52.9 Å². The van der Waals surface area contributed by atoms with Crippen LogP contribution in [0.4, 0.5) is 4.39 Å². The van der Waals surface area contributed by atoms with Gasteiger partial charge in [0, 0.05) is 10.5 Å². The Balaban J connectivity index is 2.79. The summed E-state index contributed by atoms with van der Waals surface area (Å²) in [6.07, 6.45) is 0.859. The lowest BCUT2D eigenvalue weighted by molar-refractivity contribution is 0.0932. The number of hydrogen-bond donors (Lipinski definition) is 1. The molecule has 1 aromatic carbocycles. The van der Waals surface area contributed by atoms with Gasteiger partial charge >= 0.3 is 0 Å². The first-order valence-corrected chi connectivity index (χ1v) is 6.00. The number of nitriles is 1. The van der Waals surface area contributed by atoms with Crippen molar-refractivity contribution in [2.75, 3.05) is 0 Å². The third-order valence-electron chi connectivity index (χ3n) is 2.34. The van der Waals surface area contributed by atoms with Crippen LogP contribution in [0.25, 0.3) is 0 Å². The maximum atomic E-state index is 13.5. The highest BCUT2D eigenvalue weighted by atomic mass is 79.9. The Kier molecular flexibility index (Phi) is 5.11. The molecule has 1 aromatic rings. The number of halogens is 2. The second-order valence-electron chi connectivity index (χ2n) is 3.57. The molecule has 0 fully saturated rings. The summed E-state index contributed by atoms with van der Waals surface area (Å²) in [5.74, 6) is -1.07. The molecular weight excluding hydrogens is 287 g/mol. The second-order valence-corrected chi connectivity index (χ2v) is 4.48. The molecule has 1 atom stereocenters. The molecule has 3 nitrogen and oxygen atoms in total. The fraction of sp³-hybridized carbons (Fsp3) is 0.333. The minimum atomic E-state index is -0.580. The molecule has 0 spiro atoms. The molecule has 90 valence electrons. The van der Waals surface area contributed by atoms with Gasteiger partial charge in [0.2, 0.25) is 0 Å². The van der Waals surface area contributed by atoms with Gasteiger partial charge in [0.25, 0.3) is 5.91 Å². The van der Waals surface area contributed by atoms with Crippen LogP contribution in [0.15, 0.2) is 22.7 Å². The first-order valence-electron chi connectivity index (χ1n) is 5.21. The van der Waals surface area contributed by atoms with Crippen molar-refractivity contribution in [2.24, 2.45) is 0 Å². The van der Waals surface area contributed by atoms with Crippen LogP contribution >= 0.6 is 15.9 Å². The van der Waals surface area contributed by atoms with Gasteiger partial charge in [-0.25, -0.2) is 4.39 Å². The Bertz CT molecular complexity index is 456. The molecule has 1 N–H and O–H groups in total. The summed E-state index contributed by atoms with van der Waals surface area (Å²) in [5.41, 5.74) is -0.00964. The number of benzene rings is 1. The van der Waals surface area contributed by atoms with Gasteiger partial charge in [-0.15, -0.1) is 0 Å². The van der Waals surface area contributed by atoms with Crippen molar-refractivity contribution < 1.29 is 9.18 Å². The van der Waals surface area contributed by atoms with Crippen molar-refractivity contribution >= 4 is 21.8 Å². The average molecular weight is 299 g/mol. The molecule has 0 aromatic heterocycles. The maximum Gasteiger partial charge on any atom is 0.254 e. The molecule has 17 heavy (non-hydrogen) atoms. The number of carbonyl (C=O) groups is 1. The van der Waals surface area contributed by atoms with Gasteiger partial charge in [0.15, 0.2) is 0 Å². The Hall–Kier alpha value is -1.41. The molecular formula is C12H12BrFN2O. The molecule has 0 aliphatic carbocycles. The highest BCUT2D eigenvalue weighted by molar-refractivity contribution is 9.10. The molecule has 1 unspecified atom stereocenters. The molecule has 0 aliphatic rings. The Labute approximate surface area is 108 Å². The molecule has 0 heterocycles. The fourth-order valence-electron chi connectivity index (χ4n) is 1.34. The minimum absolute atomic E-state index is 0.00964. The van der Waals surface area contributed by atoms with Gasteiger partial charge in [-0.1, -0.05) is 22.9 Å². The van der Waals surface area contributed by atoms with Gasteiger partial charge in [-0.05, 0) is 24.6 Å². The summed E-state index contributed by atoms with van der Waals surface area (Å²) in [4.78, 5) is 11.7. The Morgan fingerprint density at radius 3 is 2.88 bits per heavy atom. The molecule has 0 saturated carbocycles. The zero-order valence-electron chi connectivity index (χ0n) is 9.34. The van der Waals surface area contributed by atoms with Crippen LogP contribution in [-0.2, 0) is 0 Å². The van der Waals surface area contributed by atoms with E-state index in [0.717, 1.165) is 0 Å². The summed E-state index contributed by atoms with van der Waals surface area (Å²) < 4.78 is 14.1. The maximum absolute atomic E-state index is 13.5. The first kappa shape index (κ1) is 13.7. The molecule has 0 aliphatic heterocycles. The molecule has 0 radical (unpaired) electrons. The highest BCUT2D eigenvalue weighted by Crippen LogP contribution is 2.15. The van der Waals surface area contributed by atoms with Crippen LogP contribution in [0.1, 0.15) is 30.1 Å². The summed E-state index contributed by atoms with van der Waals surface area (Å²) in [7, 11) is 0. The number of rotatable bonds is 4. The van der Waals surface area contributed by atoms with Crippen molar-refractivity contribution in [1.29, 1.82) is 5.26 Å². The quantitative estimate of drug-likeness (QED) is 0.929. The summed E-state index contributed by atoms with van der Waals surface area (Å²) in [6, 6.07) is 5.99. The molecule has 5 heteroatoms. The number of nitrogens with zero attached hydrogens (tertiary/aromatic N) is 1. The fourth-order valence-corrected chi connectivity index (χ4v) is 1.68. The van der Waals surface area contributed by atoms with Crippen molar-refractivity contribution in [2.45, 2.75) is 25.8 Å². The predicted octanol–water partition coefficient (Wildman–Crippen LogP) is 3.01. The van der Waals surface area contributed by atoms with Gasteiger partial charge in [0.05, 0.1) is 18.1 Å². The predicted molar refractivity (Wildman–Crippen MR) is 65.9 cm³/mol. The molecule has 0 saturated heterocycles. The number of amides is 1. The van der Waals surface area contributed by atoms with Crippen LogP contribution in [0.5, 0.6) is 0 Å². The third-order valence-corrected chi connectivity index (χ3v) is 2.83. The zero-order chi connectivity index (χ0) is 12.8. The number of nitrogens with one attached hydrogen (secondary N) is 1. The SMILES string of the molecule is CCC(CC#N)NC(=O)c1ccc(Br)cc1F. The van der Waals surface area contributed by atoms with Gasteiger partial charge < -0.3 is 5.32 Å². The van der Waals surface area contributed by atoms with E-state index < -0.39 is 11.7 Å². The zero-order valence-corrected chi connectivity index (χ0v) is 10.9. The minimum Gasteiger partial charge on any atom is -0.348 e. The smallest absolute Gasteiger partial charge is 0.254 e. The summed E-state index contributed by atoms with van der Waals surface area (Å²) in [6.45, 7) is 1.86. The van der Waals surface area contributed by atoms with E-state index in [-0.39, 0.29) is 18.0 Å². The Morgan fingerprint density at radius 1 is 1.65 bits per heavy atom. The van der Waals surface area contributed by atoms with Crippen molar-refractivity contribution in [3.63, 3.8) is 0 Å². The third kappa shape index (κ3) is 3.82. The van der Waals surface area contributed by atoms with Gasteiger partial charge in [-0.2, -0.15) is 5.26 Å². The molecule has 1 rings (SSSR count). The number of carbonyl (C=O) groups excluding carboxylic acids is 1. The lowest BCUT2D eigenvalue weighted by Crippen LogP contribution is -2.34. The van der Waals surface area contributed by atoms with Gasteiger partial charge in [-0.3, -0.25) is 4.79 Å². The van der Waals surface area contributed by atoms with Crippen molar-refractivity contribution in [3.05, 3.63) is 34.1 Å². The normalized spacial score (nSPS) is 11.6. The molecule has 0 bridgehead atoms. The lowest BCUT2D eigenvalue weighted by Gasteiger charge is -2.13. The lowest BCUT2D eigenvalue weighted by atomic mass is 10.1. The van der Waals surface area contributed by atoms with E-state index in [1.807, 2.05) is 13.0 Å². The number of hydrogen-bond acceptors (Lipinski definition) is 2. The van der Waals surface area contributed by atoms with Crippen LogP contribution in [0.3, 0.4) is 0 Å². The summed E-state index contributed by atoms with van der Waals surface area (Å²) >= 11 is 3.12. The van der Waals surface area contributed by atoms with Crippen LogP contribution in [-0.4, -0.2) is 11.9 Å².